The summed E-state index contributed by atoms with van der Waals surface area (Å²) >= 11 is 0. The Hall–Kier alpha value is -3.65. The third-order valence-electron chi connectivity index (χ3n) is 6.02. The summed E-state index contributed by atoms with van der Waals surface area (Å²) < 4.78 is 8.82. The summed E-state index contributed by atoms with van der Waals surface area (Å²) in [6, 6.07) is 19.2. The minimum atomic E-state index is 0.949. The maximum absolute atomic E-state index is 6.67. The number of fused-ring (bicyclic) bond motifs is 5. The number of hydrogen-bond donors (Lipinski definition) is 0. The van der Waals surface area contributed by atoms with Crippen molar-refractivity contribution in [2.45, 2.75) is 13.8 Å². The van der Waals surface area contributed by atoms with Gasteiger partial charge in [0.15, 0.2) is 6.20 Å². The fourth-order valence-corrected chi connectivity index (χ4v) is 4.55. The summed E-state index contributed by atoms with van der Waals surface area (Å²) in [5, 5.41) is 4.68. The third-order valence-corrected chi connectivity index (χ3v) is 6.02. The van der Waals surface area contributed by atoms with E-state index in [-0.39, 0.29) is 0 Å². The lowest BCUT2D eigenvalue weighted by molar-refractivity contribution is -0.660. The molecule has 2 nitrogen and oxygen atoms in total. The van der Waals surface area contributed by atoms with Crippen LogP contribution in [0.3, 0.4) is 0 Å². The first kappa shape index (κ1) is 18.4. The van der Waals surface area contributed by atoms with Gasteiger partial charge in [-0.3, -0.25) is 0 Å². The van der Waals surface area contributed by atoms with Crippen molar-refractivity contribution < 1.29 is 8.98 Å². The van der Waals surface area contributed by atoms with E-state index in [1.54, 1.807) is 0 Å². The number of aryl methyl sites for hydroxylation is 3. The molecular formula is C28H24NO+. The van der Waals surface area contributed by atoms with Crippen LogP contribution in [0.4, 0.5) is 0 Å². The average molecular weight is 391 g/mol. The van der Waals surface area contributed by atoms with Gasteiger partial charge in [0, 0.05) is 28.3 Å². The summed E-state index contributed by atoms with van der Waals surface area (Å²) in [6.07, 6.45) is 8.05. The molecule has 0 bridgehead atoms. The van der Waals surface area contributed by atoms with Crippen LogP contribution in [0.5, 0.6) is 0 Å². The summed E-state index contributed by atoms with van der Waals surface area (Å²) in [7, 11) is 2.08. The molecule has 0 N–H and O–H groups in total. The Morgan fingerprint density at radius 1 is 0.867 bits per heavy atom. The van der Waals surface area contributed by atoms with E-state index in [9.17, 15) is 0 Å². The zero-order valence-electron chi connectivity index (χ0n) is 17.6. The molecule has 30 heavy (non-hydrogen) atoms. The standard InChI is InChI=1S/C28H24NO/c1-5-6-11-20-19(3)26-23-16-15-18(2)25(24-14-9-10-17-29(24)4)28(23)30-27(26)22-13-8-7-12-21(20)22/h5-17H,1H2,2-4H3/q+1/b11-6-. The highest BCUT2D eigenvalue weighted by molar-refractivity contribution is 6.20. The maximum Gasteiger partial charge on any atom is 0.216 e. The SMILES string of the molecule is C=C/C=C\c1c(C)c2c3ccc(C)c(-c4cccc[n+]4C)c3oc2c2ccccc12. The van der Waals surface area contributed by atoms with E-state index in [0.29, 0.717) is 0 Å². The minimum Gasteiger partial charge on any atom is -0.454 e. The highest BCUT2D eigenvalue weighted by atomic mass is 16.3. The van der Waals surface area contributed by atoms with Gasteiger partial charge >= 0.3 is 0 Å². The monoisotopic (exact) mass is 390 g/mol. The molecule has 2 aromatic heterocycles. The molecule has 2 heteroatoms. The van der Waals surface area contributed by atoms with Crippen molar-refractivity contribution in [3.05, 3.63) is 96.2 Å². The number of furan rings is 1. The van der Waals surface area contributed by atoms with Gasteiger partial charge in [0.2, 0.25) is 5.69 Å². The molecule has 0 aliphatic rings. The van der Waals surface area contributed by atoms with Gasteiger partial charge in [-0.15, -0.1) is 0 Å². The lowest BCUT2D eigenvalue weighted by Crippen LogP contribution is -2.30. The zero-order valence-corrected chi connectivity index (χ0v) is 17.6. The molecule has 0 radical (unpaired) electrons. The summed E-state index contributed by atoms with van der Waals surface area (Å²) in [5.74, 6) is 0. The van der Waals surface area contributed by atoms with Gasteiger partial charge in [0.05, 0.1) is 5.56 Å². The van der Waals surface area contributed by atoms with Crippen LogP contribution >= 0.6 is 0 Å². The van der Waals surface area contributed by atoms with Crippen molar-refractivity contribution in [2.24, 2.45) is 7.05 Å². The second-order valence-electron chi connectivity index (χ2n) is 7.82. The molecule has 0 atom stereocenters. The van der Waals surface area contributed by atoms with Gasteiger partial charge in [-0.25, -0.2) is 4.57 Å². The van der Waals surface area contributed by atoms with Crippen LogP contribution in [0.15, 0.2) is 83.9 Å². The predicted molar refractivity (Wildman–Crippen MR) is 127 cm³/mol. The highest BCUT2D eigenvalue weighted by Gasteiger charge is 2.22. The second kappa shape index (κ2) is 7.00. The molecule has 0 aliphatic carbocycles. The number of aromatic nitrogens is 1. The van der Waals surface area contributed by atoms with Crippen LogP contribution < -0.4 is 4.57 Å². The number of rotatable bonds is 3. The Morgan fingerprint density at radius 2 is 1.63 bits per heavy atom. The van der Waals surface area contributed by atoms with Crippen molar-refractivity contribution in [1.29, 1.82) is 0 Å². The second-order valence-corrected chi connectivity index (χ2v) is 7.82. The van der Waals surface area contributed by atoms with Gasteiger partial charge in [-0.2, -0.15) is 0 Å². The number of nitrogens with zero attached hydrogens (tertiary/aromatic N) is 1. The van der Waals surface area contributed by atoms with E-state index in [1.165, 1.54) is 27.5 Å². The molecule has 0 fully saturated rings. The Kier molecular flexibility index (Phi) is 4.29. The maximum atomic E-state index is 6.67. The predicted octanol–water partition coefficient (Wildman–Crippen LogP) is 7.05. The molecule has 0 amide bonds. The van der Waals surface area contributed by atoms with Crippen molar-refractivity contribution in [2.75, 3.05) is 0 Å². The van der Waals surface area contributed by atoms with E-state index in [0.717, 1.165) is 33.2 Å². The van der Waals surface area contributed by atoms with Crippen LogP contribution in [0.25, 0.3) is 50.0 Å². The Labute approximate surface area is 176 Å². The topological polar surface area (TPSA) is 17.0 Å². The van der Waals surface area contributed by atoms with Crippen LogP contribution in [-0.2, 0) is 7.05 Å². The fraction of sp³-hybridized carbons (Fsp3) is 0.107. The normalized spacial score (nSPS) is 11.8. The molecule has 0 saturated carbocycles. The minimum absolute atomic E-state index is 0.949. The van der Waals surface area contributed by atoms with Crippen LogP contribution in [0, 0.1) is 13.8 Å². The van der Waals surface area contributed by atoms with Crippen molar-refractivity contribution in [1.82, 2.24) is 0 Å². The first-order valence-electron chi connectivity index (χ1n) is 10.2. The molecule has 0 unspecified atom stereocenters. The Morgan fingerprint density at radius 3 is 2.40 bits per heavy atom. The van der Waals surface area contributed by atoms with Crippen LogP contribution in [-0.4, -0.2) is 0 Å². The largest absolute Gasteiger partial charge is 0.454 e. The first-order valence-corrected chi connectivity index (χ1v) is 10.2. The lowest BCUT2D eigenvalue weighted by Gasteiger charge is -2.09. The first-order chi connectivity index (χ1) is 14.6. The Bertz CT molecular complexity index is 1480. The van der Waals surface area contributed by atoms with Crippen molar-refractivity contribution in [3.8, 4) is 11.3 Å². The number of pyridine rings is 1. The number of hydrogen-bond acceptors (Lipinski definition) is 1. The van der Waals surface area contributed by atoms with Gasteiger partial charge in [0.25, 0.3) is 0 Å². The highest BCUT2D eigenvalue weighted by Crippen LogP contribution is 2.42. The lowest BCUT2D eigenvalue weighted by atomic mass is 9.93. The van der Waals surface area contributed by atoms with E-state index < -0.39 is 0 Å². The summed E-state index contributed by atoms with van der Waals surface area (Å²) in [5.41, 5.74) is 7.86. The zero-order chi connectivity index (χ0) is 20.8. The molecule has 146 valence electrons. The van der Waals surface area contributed by atoms with E-state index in [2.05, 4.69) is 92.8 Å². The molecule has 0 spiro atoms. The molecule has 0 aliphatic heterocycles. The number of benzene rings is 3. The quantitative estimate of drug-likeness (QED) is 0.238. The average Bonchev–Trinajstić information content (AvgIpc) is 3.14. The van der Waals surface area contributed by atoms with Crippen LogP contribution in [0.1, 0.15) is 16.7 Å². The van der Waals surface area contributed by atoms with E-state index in [4.69, 9.17) is 4.42 Å². The van der Waals surface area contributed by atoms with E-state index >= 15 is 0 Å². The molecular weight excluding hydrogens is 366 g/mol. The third kappa shape index (κ3) is 2.61. The molecule has 0 saturated heterocycles. The Balaban J connectivity index is 2.00. The van der Waals surface area contributed by atoms with Gasteiger partial charge in [-0.05, 0) is 42.0 Å². The molecule has 5 rings (SSSR count). The van der Waals surface area contributed by atoms with Gasteiger partial charge < -0.3 is 4.42 Å². The number of allylic oxidation sites excluding steroid dienone is 2. The summed E-state index contributed by atoms with van der Waals surface area (Å²) in [6.45, 7) is 8.18. The molecule has 2 heterocycles. The van der Waals surface area contributed by atoms with E-state index in [1.807, 2.05) is 18.2 Å². The molecule has 5 aromatic rings. The summed E-state index contributed by atoms with van der Waals surface area (Å²) in [4.78, 5) is 0. The molecule has 3 aromatic carbocycles. The van der Waals surface area contributed by atoms with Crippen molar-refractivity contribution >= 4 is 38.8 Å². The van der Waals surface area contributed by atoms with Crippen LogP contribution in [0.2, 0.25) is 0 Å². The smallest absolute Gasteiger partial charge is 0.216 e. The van der Waals surface area contributed by atoms with Gasteiger partial charge in [-0.1, -0.05) is 61.2 Å². The fourth-order valence-electron chi connectivity index (χ4n) is 4.55. The van der Waals surface area contributed by atoms with Gasteiger partial charge in [0.1, 0.15) is 18.2 Å². The van der Waals surface area contributed by atoms with Crippen molar-refractivity contribution in [3.63, 3.8) is 0 Å².